The second kappa shape index (κ2) is 4.02. The topological polar surface area (TPSA) is 42.8 Å². The largest absolute Gasteiger partial charge is 0.378 e. The van der Waals surface area contributed by atoms with Gasteiger partial charge in [0.25, 0.3) is 0 Å². The summed E-state index contributed by atoms with van der Waals surface area (Å²) in [5, 5.41) is 6.59. The van der Waals surface area contributed by atoms with E-state index in [9.17, 15) is 0 Å². The Morgan fingerprint density at radius 3 is 3.31 bits per heavy atom. The summed E-state index contributed by atoms with van der Waals surface area (Å²) in [5.74, 6) is 0. The van der Waals surface area contributed by atoms with Crippen molar-refractivity contribution in [3.05, 3.63) is 11.1 Å². The molecule has 1 aromatic heterocycles. The lowest BCUT2D eigenvalue weighted by Gasteiger charge is -2.08. The Bertz CT molecular complexity index is 313. The summed E-state index contributed by atoms with van der Waals surface area (Å²) < 4.78 is 8.15. The molecule has 1 aromatic rings. The van der Waals surface area contributed by atoms with E-state index < -0.39 is 0 Å². The van der Waals surface area contributed by atoms with Gasteiger partial charge in [-0.25, -0.2) is 0 Å². The van der Waals surface area contributed by atoms with Gasteiger partial charge in [0.1, 0.15) is 6.33 Å². The molecule has 1 N–H and O–H groups in total. The highest BCUT2D eigenvalue weighted by Crippen LogP contribution is 2.15. The summed E-state index contributed by atoms with van der Waals surface area (Å²) in [6.45, 7) is 1.82. The lowest BCUT2D eigenvalue weighted by Crippen LogP contribution is -2.09. The summed E-state index contributed by atoms with van der Waals surface area (Å²) in [5.41, 5.74) is 0. The van der Waals surface area contributed by atoms with Gasteiger partial charge < -0.3 is 9.30 Å². The number of aryl methyl sites for hydroxylation is 1. The normalized spacial score (nSPS) is 22.3. The number of nitrogens with zero attached hydrogens (tertiary/aromatic N) is 2. The fraction of sp³-hybridized carbons (Fsp3) is 0.750. The van der Waals surface area contributed by atoms with E-state index in [0.717, 1.165) is 19.6 Å². The van der Waals surface area contributed by atoms with Crippen molar-refractivity contribution in [1.82, 2.24) is 14.8 Å². The van der Waals surface area contributed by atoms with Gasteiger partial charge in [-0.3, -0.25) is 5.10 Å². The Morgan fingerprint density at radius 1 is 1.77 bits per heavy atom. The van der Waals surface area contributed by atoms with Crippen molar-refractivity contribution in [3.8, 4) is 0 Å². The maximum absolute atomic E-state index is 5.51. The fourth-order valence-electron chi connectivity index (χ4n) is 1.58. The average molecular weight is 199 g/mol. The molecule has 1 aliphatic rings. The molecule has 1 aliphatic heterocycles. The zero-order chi connectivity index (χ0) is 9.10. The van der Waals surface area contributed by atoms with Gasteiger partial charge in [0.15, 0.2) is 4.77 Å². The van der Waals surface area contributed by atoms with Crippen LogP contribution in [0.1, 0.15) is 19.3 Å². The Morgan fingerprint density at radius 2 is 2.69 bits per heavy atom. The second-order valence-electron chi connectivity index (χ2n) is 3.28. The predicted octanol–water partition coefficient (Wildman–Crippen LogP) is 1.51. The molecular weight excluding hydrogens is 186 g/mol. The van der Waals surface area contributed by atoms with E-state index in [1.807, 2.05) is 4.57 Å². The maximum Gasteiger partial charge on any atom is 0.194 e. The Labute approximate surface area is 81.9 Å². The summed E-state index contributed by atoms with van der Waals surface area (Å²) in [7, 11) is 0. The van der Waals surface area contributed by atoms with Crippen LogP contribution in [-0.4, -0.2) is 27.5 Å². The van der Waals surface area contributed by atoms with Gasteiger partial charge in [0.05, 0.1) is 6.10 Å². The highest BCUT2D eigenvalue weighted by Gasteiger charge is 2.14. The Hall–Kier alpha value is -0.680. The van der Waals surface area contributed by atoms with Crippen molar-refractivity contribution in [1.29, 1.82) is 0 Å². The number of ether oxygens (including phenoxy) is 1. The predicted molar refractivity (Wildman–Crippen MR) is 51.0 cm³/mol. The standard InChI is InChI=1S/C8H13N3OS/c13-8-10-9-6-11(8)4-3-7-2-1-5-12-7/h6-7H,1-5H2,(H,10,13). The molecule has 1 fully saturated rings. The third kappa shape index (κ3) is 2.16. The van der Waals surface area contributed by atoms with Crippen LogP contribution in [0.2, 0.25) is 0 Å². The van der Waals surface area contributed by atoms with Crippen LogP contribution in [0.5, 0.6) is 0 Å². The molecule has 0 amide bonds. The maximum atomic E-state index is 5.51. The zero-order valence-electron chi connectivity index (χ0n) is 7.40. The van der Waals surface area contributed by atoms with E-state index in [-0.39, 0.29) is 0 Å². The first-order chi connectivity index (χ1) is 6.36. The molecule has 0 spiro atoms. The molecule has 4 nitrogen and oxygen atoms in total. The highest BCUT2D eigenvalue weighted by molar-refractivity contribution is 7.71. The minimum absolute atomic E-state index is 0.428. The molecule has 0 bridgehead atoms. The molecule has 2 heterocycles. The van der Waals surface area contributed by atoms with E-state index in [1.165, 1.54) is 12.8 Å². The quantitative estimate of drug-likeness (QED) is 0.750. The molecule has 2 rings (SSSR count). The summed E-state index contributed by atoms with van der Waals surface area (Å²) in [4.78, 5) is 0. The lowest BCUT2D eigenvalue weighted by molar-refractivity contribution is 0.100. The number of rotatable bonds is 3. The molecule has 0 aliphatic carbocycles. The third-order valence-electron chi connectivity index (χ3n) is 2.33. The van der Waals surface area contributed by atoms with Crippen LogP contribution in [0, 0.1) is 4.77 Å². The number of aromatic amines is 1. The number of aromatic nitrogens is 3. The zero-order valence-corrected chi connectivity index (χ0v) is 8.22. The van der Waals surface area contributed by atoms with Crippen molar-refractivity contribution >= 4 is 12.2 Å². The Balaban J connectivity index is 1.85. The van der Waals surface area contributed by atoms with Gasteiger partial charge in [0, 0.05) is 13.2 Å². The molecule has 0 aromatic carbocycles. The average Bonchev–Trinajstić information content (AvgIpc) is 2.72. The van der Waals surface area contributed by atoms with Gasteiger partial charge in [0.2, 0.25) is 0 Å². The van der Waals surface area contributed by atoms with Gasteiger partial charge in [-0.1, -0.05) is 0 Å². The van der Waals surface area contributed by atoms with Crippen LogP contribution in [0.4, 0.5) is 0 Å². The first-order valence-electron chi connectivity index (χ1n) is 4.57. The summed E-state index contributed by atoms with van der Waals surface area (Å²) in [6.07, 6.45) is 5.58. The molecule has 72 valence electrons. The minimum atomic E-state index is 0.428. The van der Waals surface area contributed by atoms with Crippen LogP contribution >= 0.6 is 12.2 Å². The van der Waals surface area contributed by atoms with E-state index in [4.69, 9.17) is 17.0 Å². The minimum Gasteiger partial charge on any atom is -0.378 e. The van der Waals surface area contributed by atoms with Crippen LogP contribution < -0.4 is 0 Å². The monoisotopic (exact) mass is 199 g/mol. The third-order valence-corrected chi connectivity index (χ3v) is 2.66. The highest BCUT2D eigenvalue weighted by atomic mass is 32.1. The molecule has 0 saturated carbocycles. The molecule has 0 radical (unpaired) electrons. The van der Waals surface area contributed by atoms with Crippen LogP contribution in [0.3, 0.4) is 0 Å². The first kappa shape index (κ1) is 8.90. The molecular formula is C8H13N3OS. The van der Waals surface area contributed by atoms with Crippen LogP contribution in [0.15, 0.2) is 6.33 Å². The van der Waals surface area contributed by atoms with Crippen molar-refractivity contribution in [2.45, 2.75) is 31.9 Å². The summed E-state index contributed by atoms with van der Waals surface area (Å²) >= 11 is 5.03. The fourth-order valence-corrected chi connectivity index (χ4v) is 1.78. The van der Waals surface area contributed by atoms with E-state index in [1.54, 1.807) is 6.33 Å². The van der Waals surface area contributed by atoms with E-state index in [0.29, 0.717) is 10.9 Å². The van der Waals surface area contributed by atoms with E-state index >= 15 is 0 Å². The van der Waals surface area contributed by atoms with Crippen LogP contribution in [0.25, 0.3) is 0 Å². The molecule has 5 heteroatoms. The molecule has 13 heavy (non-hydrogen) atoms. The van der Waals surface area contributed by atoms with Crippen LogP contribution in [-0.2, 0) is 11.3 Å². The summed E-state index contributed by atoms with van der Waals surface area (Å²) in [6, 6.07) is 0. The SMILES string of the molecule is S=c1[nH]ncn1CCC1CCCO1. The molecule has 1 saturated heterocycles. The van der Waals surface area contributed by atoms with Crippen molar-refractivity contribution in [2.75, 3.05) is 6.61 Å². The van der Waals surface area contributed by atoms with Gasteiger partial charge in [-0.15, -0.1) is 0 Å². The number of nitrogens with one attached hydrogen (secondary N) is 1. The van der Waals surface area contributed by atoms with Gasteiger partial charge in [-0.05, 0) is 31.5 Å². The van der Waals surface area contributed by atoms with Crippen molar-refractivity contribution < 1.29 is 4.74 Å². The number of H-pyrrole nitrogens is 1. The van der Waals surface area contributed by atoms with Crippen molar-refractivity contribution in [2.24, 2.45) is 0 Å². The van der Waals surface area contributed by atoms with E-state index in [2.05, 4.69) is 10.2 Å². The number of hydrogen-bond donors (Lipinski definition) is 1. The lowest BCUT2D eigenvalue weighted by atomic mass is 10.2. The number of hydrogen-bond acceptors (Lipinski definition) is 3. The first-order valence-corrected chi connectivity index (χ1v) is 4.98. The molecule has 1 atom stereocenters. The Kier molecular flexibility index (Phi) is 2.75. The smallest absolute Gasteiger partial charge is 0.194 e. The molecule has 1 unspecified atom stereocenters. The van der Waals surface area contributed by atoms with Crippen molar-refractivity contribution in [3.63, 3.8) is 0 Å². The van der Waals surface area contributed by atoms with Gasteiger partial charge in [-0.2, -0.15) is 5.10 Å². The second-order valence-corrected chi connectivity index (χ2v) is 3.67. The van der Waals surface area contributed by atoms with Gasteiger partial charge >= 0.3 is 0 Å².